The molecule has 0 saturated carbocycles. The van der Waals surface area contributed by atoms with Gasteiger partial charge in [-0.3, -0.25) is 14.4 Å². The molecule has 0 unspecified atom stereocenters. The molecule has 34 heavy (non-hydrogen) atoms. The summed E-state index contributed by atoms with van der Waals surface area (Å²) < 4.78 is 20.0. The lowest BCUT2D eigenvalue weighted by molar-refractivity contribution is -0.137. The van der Waals surface area contributed by atoms with Crippen molar-refractivity contribution in [2.24, 2.45) is 0 Å². The number of carbonyl (C=O) groups is 3. The van der Waals surface area contributed by atoms with Crippen molar-refractivity contribution < 1.29 is 28.6 Å². The Morgan fingerprint density at radius 1 is 1.26 bits per heavy atom. The highest BCUT2D eigenvalue weighted by Gasteiger charge is 2.37. The van der Waals surface area contributed by atoms with Gasteiger partial charge in [0.15, 0.2) is 0 Å². The van der Waals surface area contributed by atoms with Crippen molar-refractivity contribution >= 4 is 23.5 Å². The van der Waals surface area contributed by atoms with E-state index in [1.54, 1.807) is 18.2 Å². The summed E-state index contributed by atoms with van der Waals surface area (Å²) in [5.41, 5.74) is 1.28. The van der Waals surface area contributed by atoms with Gasteiger partial charge in [-0.2, -0.15) is 5.26 Å². The van der Waals surface area contributed by atoms with Gasteiger partial charge in [-0.25, -0.2) is 4.39 Å². The third-order valence-corrected chi connectivity index (χ3v) is 6.00. The van der Waals surface area contributed by atoms with Gasteiger partial charge >= 0.3 is 5.97 Å². The zero-order valence-corrected chi connectivity index (χ0v) is 19.0. The maximum Gasteiger partial charge on any atom is 0.303 e. The van der Waals surface area contributed by atoms with Gasteiger partial charge in [-0.15, -0.1) is 0 Å². The first-order chi connectivity index (χ1) is 16.2. The molecule has 0 aromatic heterocycles. The topological polar surface area (TPSA) is 129 Å². The first-order valence-corrected chi connectivity index (χ1v) is 10.9. The molecule has 0 bridgehead atoms. The summed E-state index contributed by atoms with van der Waals surface area (Å²) in [6, 6.07) is 9.54. The Morgan fingerprint density at radius 3 is 2.71 bits per heavy atom. The smallest absolute Gasteiger partial charge is 0.303 e. The van der Waals surface area contributed by atoms with Crippen molar-refractivity contribution in [1.29, 1.82) is 5.26 Å². The van der Waals surface area contributed by atoms with E-state index < -0.39 is 23.1 Å². The second kappa shape index (κ2) is 10.3. The normalized spacial score (nSPS) is 16.5. The predicted octanol–water partition coefficient (Wildman–Crippen LogP) is 3.53. The van der Waals surface area contributed by atoms with Gasteiger partial charge < -0.3 is 20.5 Å². The first-order valence-electron chi connectivity index (χ1n) is 10.9. The largest absolute Gasteiger partial charge is 0.493 e. The molecule has 0 saturated heterocycles. The number of carboxylic acids is 1. The van der Waals surface area contributed by atoms with E-state index in [9.17, 15) is 24.0 Å². The molecule has 2 amide bonds. The molecule has 1 atom stereocenters. The number of amides is 2. The SMILES string of the molecule is CNC(=O)c1cc2c(cc1F)OCC[C@]2(C)CC(=O)Nc1cc(C#N)ccc1CCCC(=O)O. The van der Waals surface area contributed by atoms with Crippen LogP contribution in [-0.2, 0) is 21.4 Å². The molecule has 3 rings (SSSR count). The van der Waals surface area contributed by atoms with Gasteiger partial charge in [-0.05, 0) is 43.0 Å². The van der Waals surface area contributed by atoms with Crippen molar-refractivity contribution in [2.75, 3.05) is 19.0 Å². The summed E-state index contributed by atoms with van der Waals surface area (Å²) in [7, 11) is 1.41. The van der Waals surface area contributed by atoms with Crippen LogP contribution in [0.15, 0.2) is 30.3 Å². The van der Waals surface area contributed by atoms with E-state index in [-0.39, 0.29) is 24.3 Å². The van der Waals surface area contributed by atoms with Crippen LogP contribution in [0, 0.1) is 17.1 Å². The number of hydrogen-bond acceptors (Lipinski definition) is 5. The van der Waals surface area contributed by atoms with E-state index in [0.717, 1.165) is 5.56 Å². The monoisotopic (exact) mass is 467 g/mol. The van der Waals surface area contributed by atoms with Gasteiger partial charge in [0, 0.05) is 42.6 Å². The lowest BCUT2D eigenvalue weighted by atomic mass is 9.74. The highest BCUT2D eigenvalue weighted by molar-refractivity contribution is 5.95. The van der Waals surface area contributed by atoms with E-state index in [2.05, 4.69) is 10.6 Å². The number of anilines is 1. The number of carboxylic acid groups (broad SMARTS) is 1. The van der Waals surface area contributed by atoms with E-state index in [4.69, 9.17) is 9.84 Å². The Kier molecular flexibility index (Phi) is 7.51. The number of fused-ring (bicyclic) bond motifs is 1. The zero-order chi connectivity index (χ0) is 24.9. The summed E-state index contributed by atoms with van der Waals surface area (Å²) in [4.78, 5) is 36.0. The summed E-state index contributed by atoms with van der Waals surface area (Å²) >= 11 is 0. The Hall–Kier alpha value is -3.93. The average Bonchev–Trinajstić information content (AvgIpc) is 2.78. The second-order valence-electron chi connectivity index (χ2n) is 8.52. The van der Waals surface area contributed by atoms with Crippen molar-refractivity contribution in [3.8, 4) is 11.8 Å². The van der Waals surface area contributed by atoms with Gasteiger partial charge in [-0.1, -0.05) is 13.0 Å². The lowest BCUT2D eigenvalue weighted by Crippen LogP contribution is -2.35. The van der Waals surface area contributed by atoms with Crippen LogP contribution < -0.4 is 15.4 Å². The number of rotatable bonds is 8. The number of aliphatic carboxylic acids is 1. The standard InChI is InChI=1S/C25H26FN3O5/c1-25(8-9-34-21-12-19(26)17(11-18(21)25)24(33)28-2)13-22(30)29-20-10-15(14-27)6-7-16(20)4-3-5-23(31)32/h6-7,10-12H,3-5,8-9,13H2,1-2H3,(H,28,33)(H,29,30)(H,31,32)/t25-/m1/s1. The maximum atomic E-state index is 14.4. The zero-order valence-electron chi connectivity index (χ0n) is 19.0. The minimum absolute atomic E-state index is 0.00747. The van der Waals surface area contributed by atoms with Crippen LogP contribution in [-0.4, -0.2) is 36.5 Å². The number of nitriles is 1. The van der Waals surface area contributed by atoms with E-state index in [1.165, 1.54) is 19.2 Å². The average molecular weight is 467 g/mol. The number of carbonyl (C=O) groups excluding carboxylic acids is 2. The molecule has 3 N–H and O–H groups in total. The Balaban J connectivity index is 1.85. The van der Waals surface area contributed by atoms with Crippen molar-refractivity contribution in [1.82, 2.24) is 5.32 Å². The molecule has 1 aliphatic heterocycles. The number of nitrogens with zero attached hydrogens (tertiary/aromatic N) is 1. The van der Waals surface area contributed by atoms with Crippen LogP contribution in [0.3, 0.4) is 0 Å². The summed E-state index contributed by atoms with van der Waals surface area (Å²) in [6.45, 7) is 2.15. The summed E-state index contributed by atoms with van der Waals surface area (Å²) in [5.74, 6) is -2.20. The first kappa shape index (κ1) is 24.7. The lowest BCUT2D eigenvalue weighted by Gasteiger charge is -2.35. The van der Waals surface area contributed by atoms with Crippen molar-refractivity contribution in [3.05, 3.63) is 58.4 Å². The van der Waals surface area contributed by atoms with Crippen LogP contribution in [0.2, 0.25) is 0 Å². The number of ether oxygens (including phenoxy) is 1. The number of halogens is 1. The fourth-order valence-corrected chi connectivity index (χ4v) is 4.12. The Labute approximate surface area is 196 Å². The molecule has 1 aliphatic rings. The highest BCUT2D eigenvalue weighted by atomic mass is 19.1. The Bertz CT molecular complexity index is 1170. The number of hydrogen-bond donors (Lipinski definition) is 3. The van der Waals surface area contributed by atoms with Crippen LogP contribution >= 0.6 is 0 Å². The van der Waals surface area contributed by atoms with E-state index >= 15 is 0 Å². The van der Waals surface area contributed by atoms with Gasteiger partial charge in [0.05, 0.1) is 23.8 Å². The predicted molar refractivity (Wildman–Crippen MR) is 122 cm³/mol. The molecule has 2 aromatic carbocycles. The molecule has 8 nitrogen and oxygen atoms in total. The highest BCUT2D eigenvalue weighted by Crippen LogP contribution is 2.42. The molecule has 0 spiro atoms. The molecule has 0 radical (unpaired) electrons. The summed E-state index contributed by atoms with van der Waals surface area (Å²) in [5, 5.41) is 23.4. The minimum atomic E-state index is -0.905. The molecular weight excluding hydrogens is 441 g/mol. The van der Waals surface area contributed by atoms with Gasteiger partial charge in [0.2, 0.25) is 5.91 Å². The molecule has 1 heterocycles. The van der Waals surface area contributed by atoms with Crippen LogP contribution in [0.1, 0.15) is 59.7 Å². The third kappa shape index (κ3) is 5.52. The van der Waals surface area contributed by atoms with E-state index in [1.807, 2.05) is 13.0 Å². The molecule has 9 heteroatoms. The van der Waals surface area contributed by atoms with Crippen LogP contribution in [0.5, 0.6) is 5.75 Å². The van der Waals surface area contributed by atoms with Gasteiger partial charge in [0.25, 0.3) is 5.91 Å². The third-order valence-electron chi connectivity index (χ3n) is 6.00. The second-order valence-corrected chi connectivity index (χ2v) is 8.52. The quantitative estimate of drug-likeness (QED) is 0.545. The van der Waals surface area contributed by atoms with Crippen LogP contribution in [0.4, 0.5) is 10.1 Å². The number of nitrogens with one attached hydrogen (secondary N) is 2. The fourth-order valence-electron chi connectivity index (χ4n) is 4.12. The fraction of sp³-hybridized carbons (Fsp3) is 0.360. The summed E-state index contributed by atoms with van der Waals surface area (Å²) in [6.07, 6.45) is 1.33. The van der Waals surface area contributed by atoms with Gasteiger partial charge in [0.1, 0.15) is 11.6 Å². The van der Waals surface area contributed by atoms with Crippen LogP contribution in [0.25, 0.3) is 0 Å². The number of aryl methyl sites for hydroxylation is 1. The van der Waals surface area contributed by atoms with Crippen molar-refractivity contribution in [2.45, 2.75) is 44.4 Å². The minimum Gasteiger partial charge on any atom is -0.493 e. The molecule has 0 fully saturated rings. The Morgan fingerprint density at radius 2 is 2.03 bits per heavy atom. The molecule has 2 aromatic rings. The molecule has 0 aliphatic carbocycles. The maximum absolute atomic E-state index is 14.4. The number of benzene rings is 2. The molecular formula is C25H26FN3O5. The van der Waals surface area contributed by atoms with Crippen molar-refractivity contribution in [3.63, 3.8) is 0 Å². The van der Waals surface area contributed by atoms with E-state index in [0.29, 0.717) is 48.4 Å². The molecule has 178 valence electrons.